The Morgan fingerprint density at radius 3 is 2.31 bits per heavy atom. The molecular formula is C25H31N5O5S. The van der Waals surface area contributed by atoms with Crippen molar-refractivity contribution in [3.05, 3.63) is 35.5 Å². The van der Waals surface area contributed by atoms with Crippen LogP contribution in [0.2, 0.25) is 0 Å². The van der Waals surface area contributed by atoms with Crippen molar-refractivity contribution in [2.45, 2.75) is 64.3 Å². The van der Waals surface area contributed by atoms with Crippen molar-refractivity contribution >= 4 is 35.0 Å². The van der Waals surface area contributed by atoms with Crippen LogP contribution in [-0.2, 0) is 13.0 Å². The number of hydrogen-bond donors (Lipinski definition) is 2. The smallest absolute Gasteiger partial charge is 0.424 e. The molecule has 0 saturated carbocycles. The summed E-state index contributed by atoms with van der Waals surface area (Å²) in [5.74, 6) is 0.754. The van der Waals surface area contributed by atoms with E-state index in [1.807, 2.05) is 24.3 Å². The topological polar surface area (TPSA) is 128 Å². The van der Waals surface area contributed by atoms with Gasteiger partial charge in [-0.15, -0.1) is 0 Å². The van der Waals surface area contributed by atoms with E-state index in [4.69, 9.17) is 19.7 Å². The Kier molecular flexibility index (Phi) is 6.40. The maximum absolute atomic E-state index is 12.0. The molecular weight excluding hydrogens is 482 g/mol. The molecule has 192 valence electrons. The molecule has 0 saturated heterocycles. The van der Waals surface area contributed by atoms with Crippen LogP contribution in [0.5, 0.6) is 11.8 Å². The molecule has 0 bridgehead atoms. The van der Waals surface area contributed by atoms with E-state index in [9.17, 15) is 9.59 Å². The third kappa shape index (κ3) is 4.59. The van der Waals surface area contributed by atoms with Crippen LogP contribution < -0.4 is 14.8 Å². The van der Waals surface area contributed by atoms with Crippen molar-refractivity contribution in [2.24, 2.45) is 10.8 Å². The van der Waals surface area contributed by atoms with Crippen LogP contribution in [0, 0.1) is 10.8 Å². The molecule has 0 fully saturated rings. The fourth-order valence-corrected chi connectivity index (χ4v) is 6.53. The lowest BCUT2D eigenvalue weighted by atomic mass is 9.63. The Morgan fingerprint density at radius 1 is 1.11 bits per heavy atom. The molecule has 2 amide bonds. The third-order valence-corrected chi connectivity index (χ3v) is 8.81. The monoisotopic (exact) mass is 513 g/mol. The van der Waals surface area contributed by atoms with E-state index in [0.717, 1.165) is 22.4 Å². The molecule has 0 radical (unpaired) electrons. The second-order valence-corrected chi connectivity index (χ2v) is 12.2. The first-order chi connectivity index (χ1) is 16.7. The number of nitrogens with zero attached hydrogens (tertiary/aromatic N) is 4. The fraction of sp³-hybridized carbons (Fsp3) is 0.480. The number of rotatable bonds is 4. The molecule has 0 unspecified atom stereocenters. The molecule has 2 aromatic heterocycles. The summed E-state index contributed by atoms with van der Waals surface area (Å²) in [4.78, 5) is 31.9. The fourth-order valence-electron chi connectivity index (χ4n) is 4.94. The van der Waals surface area contributed by atoms with Gasteiger partial charge in [0.2, 0.25) is 0 Å². The number of benzene rings is 1. The SMILES string of the molecule is COc1ccc(Cn2nc3c4c(nc(OC(=O)NC(=O)O)nc42)SC(C(C)(C)C)(C(C)(C)C)C3)cc1. The normalized spacial score (nSPS) is 15.0. The highest BCUT2D eigenvalue weighted by Gasteiger charge is 2.54. The summed E-state index contributed by atoms with van der Waals surface area (Å²) in [5, 5.41) is 17.0. The van der Waals surface area contributed by atoms with E-state index in [1.165, 1.54) is 0 Å². The van der Waals surface area contributed by atoms with E-state index in [2.05, 4.69) is 51.5 Å². The minimum absolute atomic E-state index is 0.133. The largest absolute Gasteiger partial charge is 0.497 e. The minimum Gasteiger partial charge on any atom is -0.497 e. The molecule has 0 atom stereocenters. The van der Waals surface area contributed by atoms with Gasteiger partial charge < -0.3 is 14.6 Å². The highest BCUT2D eigenvalue weighted by Crippen LogP contribution is 2.60. The van der Waals surface area contributed by atoms with Crippen LogP contribution in [-0.4, -0.2) is 48.9 Å². The van der Waals surface area contributed by atoms with E-state index < -0.39 is 12.2 Å². The number of hydrogen-bond acceptors (Lipinski definition) is 8. The molecule has 1 aromatic carbocycles. The zero-order chi connectivity index (χ0) is 26.5. The summed E-state index contributed by atoms with van der Waals surface area (Å²) >= 11 is 1.64. The number of thioether (sulfide) groups is 1. The molecule has 10 nitrogen and oxygen atoms in total. The summed E-state index contributed by atoms with van der Waals surface area (Å²) in [7, 11) is 1.62. The van der Waals surface area contributed by atoms with Crippen LogP contribution in [0.15, 0.2) is 29.3 Å². The van der Waals surface area contributed by atoms with Crippen molar-refractivity contribution in [3.8, 4) is 11.8 Å². The zero-order valence-corrected chi connectivity index (χ0v) is 22.3. The zero-order valence-electron chi connectivity index (χ0n) is 21.5. The van der Waals surface area contributed by atoms with Gasteiger partial charge >= 0.3 is 18.2 Å². The van der Waals surface area contributed by atoms with Gasteiger partial charge in [0.05, 0.1) is 24.7 Å². The number of methoxy groups -OCH3 is 1. The molecule has 3 heterocycles. The van der Waals surface area contributed by atoms with E-state index in [-0.39, 0.29) is 21.6 Å². The maximum Gasteiger partial charge on any atom is 0.424 e. The van der Waals surface area contributed by atoms with Gasteiger partial charge in [-0.05, 0) is 28.5 Å². The van der Waals surface area contributed by atoms with Crippen LogP contribution in [0.25, 0.3) is 11.0 Å². The van der Waals surface area contributed by atoms with Gasteiger partial charge in [0.25, 0.3) is 0 Å². The van der Waals surface area contributed by atoms with E-state index >= 15 is 0 Å². The predicted octanol–water partition coefficient (Wildman–Crippen LogP) is 5.13. The lowest BCUT2D eigenvalue weighted by molar-refractivity contribution is 0.138. The Balaban J connectivity index is 1.86. The molecule has 11 heteroatoms. The average Bonchev–Trinajstić information content (AvgIpc) is 3.09. The number of amides is 2. The number of carbonyl (C=O) groups excluding carboxylic acids is 1. The van der Waals surface area contributed by atoms with Crippen LogP contribution >= 0.6 is 11.8 Å². The second-order valence-electron chi connectivity index (χ2n) is 10.9. The first-order valence-corrected chi connectivity index (χ1v) is 12.4. The van der Waals surface area contributed by atoms with Crippen LogP contribution in [0.1, 0.15) is 52.8 Å². The van der Waals surface area contributed by atoms with Crippen molar-refractivity contribution < 1.29 is 24.2 Å². The Bertz CT molecular complexity index is 1310. The second kappa shape index (κ2) is 8.95. The number of aromatic nitrogens is 4. The number of carbonyl (C=O) groups is 2. The lowest BCUT2D eigenvalue weighted by Crippen LogP contribution is -2.53. The molecule has 3 aromatic rings. The average molecular weight is 514 g/mol. The Morgan fingerprint density at radius 2 is 1.75 bits per heavy atom. The lowest BCUT2D eigenvalue weighted by Gasteiger charge is -2.54. The van der Waals surface area contributed by atoms with E-state index in [0.29, 0.717) is 23.6 Å². The Labute approximate surface area is 213 Å². The van der Waals surface area contributed by atoms with E-state index in [1.54, 1.807) is 28.9 Å². The first-order valence-electron chi connectivity index (χ1n) is 11.6. The maximum atomic E-state index is 12.0. The van der Waals surface area contributed by atoms with Gasteiger partial charge in [0.1, 0.15) is 10.8 Å². The van der Waals surface area contributed by atoms with Crippen LogP contribution in [0.4, 0.5) is 9.59 Å². The molecule has 0 spiro atoms. The van der Waals surface area contributed by atoms with Gasteiger partial charge in [-0.1, -0.05) is 65.4 Å². The number of nitrogens with one attached hydrogen (secondary N) is 1. The van der Waals surface area contributed by atoms with Crippen molar-refractivity contribution in [2.75, 3.05) is 7.11 Å². The quantitative estimate of drug-likeness (QED) is 0.456. The Hall–Kier alpha value is -3.34. The summed E-state index contributed by atoms with van der Waals surface area (Å²) in [6, 6.07) is 7.44. The van der Waals surface area contributed by atoms with Crippen molar-refractivity contribution in [1.82, 2.24) is 25.1 Å². The predicted molar refractivity (Wildman–Crippen MR) is 136 cm³/mol. The van der Waals surface area contributed by atoms with Gasteiger partial charge in [-0.2, -0.15) is 15.1 Å². The molecule has 4 rings (SSSR count). The highest BCUT2D eigenvalue weighted by atomic mass is 32.2. The number of ether oxygens (including phenoxy) is 2. The van der Waals surface area contributed by atoms with Gasteiger partial charge in [-0.3, -0.25) is 0 Å². The first kappa shape index (κ1) is 25.7. The summed E-state index contributed by atoms with van der Waals surface area (Å²) in [6.45, 7) is 13.7. The molecule has 36 heavy (non-hydrogen) atoms. The summed E-state index contributed by atoms with van der Waals surface area (Å²) in [6.07, 6.45) is -1.98. The minimum atomic E-state index is -1.52. The van der Waals surface area contributed by atoms with Crippen molar-refractivity contribution in [3.63, 3.8) is 0 Å². The molecule has 0 aliphatic carbocycles. The molecule has 1 aliphatic rings. The van der Waals surface area contributed by atoms with Crippen molar-refractivity contribution in [1.29, 1.82) is 0 Å². The van der Waals surface area contributed by atoms with Crippen LogP contribution in [0.3, 0.4) is 0 Å². The summed E-state index contributed by atoms with van der Waals surface area (Å²) in [5.41, 5.74) is 2.13. The standard InChI is InChI=1S/C25H31N5O5S/c1-23(2,3)25(24(4,5)6)12-16-17-18(30(29-16)13-14-8-10-15(34-7)11-9-14)26-20(27-19(17)36-25)35-22(33)28-21(31)32/h8-11H,12-13H2,1-7H3,(H,28,33)(H,31,32). The van der Waals surface area contributed by atoms with Gasteiger partial charge in [-0.25, -0.2) is 19.6 Å². The number of imide groups is 1. The molecule has 1 aliphatic heterocycles. The highest BCUT2D eigenvalue weighted by molar-refractivity contribution is 8.01. The summed E-state index contributed by atoms with van der Waals surface area (Å²) < 4.78 is 11.9. The molecule has 2 N–H and O–H groups in total. The van der Waals surface area contributed by atoms with Gasteiger partial charge in [0.15, 0.2) is 5.65 Å². The number of carboxylic acid groups (broad SMARTS) is 1. The van der Waals surface area contributed by atoms with Gasteiger partial charge in [0, 0.05) is 11.2 Å². The third-order valence-electron chi connectivity index (χ3n) is 6.61.